The lowest BCUT2D eigenvalue weighted by atomic mass is 9.97. The van der Waals surface area contributed by atoms with Gasteiger partial charge in [0.2, 0.25) is 0 Å². The number of unbranched alkanes of at least 4 members (excludes halogenated alkanes) is 8. The van der Waals surface area contributed by atoms with Gasteiger partial charge in [-0.2, -0.15) is 0 Å². The van der Waals surface area contributed by atoms with Gasteiger partial charge in [-0.3, -0.25) is 0 Å². The summed E-state index contributed by atoms with van der Waals surface area (Å²) in [5.74, 6) is 2.10. The van der Waals surface area contributed by atoms with Crippen LogP contribution in [0.4, 0.5) is 4.39 Å². The largest absolute Gasteiger partial charge is 0.491 e. The summed E-state index contributed by atoms with van der Waals surface area (Å²) in [6.45, 7) is 6.87. The topological polar surface area (TPSA) is 35.0 Å². The van der Waals surface area contributed by atoms with Crippen LogP contribution in [-0.2, 0) is 6.42 Å². The van der Waals surface area contributed by atoms with Gasteiger partial charge in [0.25, 0.3) is 0 Å². The predicted octanol–water partition coefficient (Wildman–Crippen LogP) is 9.54. The number of halogens is 1. The molecule has 2 aromatic rings. The summed E-state index contributed by atoms with van der Waals surface area (Å²) in [5, 5.41) is 0. The van der Waals surface area contributed by atoms with E-state index in [4.69, 9.17) is 4.74 Å². The fraction of sp³-hybridized carbons (Fsp3) is 0.677. The number of hydrogen-bond donors (Lipinski definition) is 0. The maximum atomic E-state index is 14.2. The van der Waals surface area contributed by atoms with Crippen molar-refractivity contribution in [2.24, 2.45) is 5.92 Å². The second kappa shape index (κ2) is 18.3. The Balaban J connectivity index is 1.64. The van der Waals surface area contributed by atoms with E-state index in [0.29, 0.717) is 18.1 Å². The number of ether oxygens (including phenoxy) is 1. The monoisotopic (exact) mass is 484 g/mol. The molecule has 0 saturated carbocycles. The van der Waals surface area contributed by atoms with Crippen molar-refractivity contribution in [2.45, 2.75) is 123 Å². The molecule has 0 bridgehead atoms. The van der Waals surface area contributed by atoms with Gasteiger partial charge in [0, 0.05) is 18.0 Å². The zero-order valence-electron chi connectivity index (χ0n) is 22.6. The van der Waals surface area contributed by atoms with Crippen molar-refractivity contribution in [3.63, 3.8) is 0 Å². The molecule has 1 aromatic carbocycles. The standard InChI is InChI=1S/C31H49FN2O/c1-4-6-8-9-10-11-12-13-17-27-23-33-31(34-24-27)28-19-21-30(22-20-28)35-25-29(32)18-14-16-26(3)15-7-5-2/h19-24,26,29H,4-18,25H2,1-3H3. The van der Waals surface area contributed by atoms with Crippen LogP contribution >= 0.6 is 0 Å². The molecule has 0 N–H and O–H groups in total. The first-order chi connectivity index (χ1) is 17.1. The third-order valence-corrected chi connectivity index (χ3v) is 6.83. The van der Waals surface area contributed by atoms with E-state index in [9.17, 15) is 4.39 Å². The van der Waals surface area contributed by atoms with Gasteiger partial charge in [-0.1, -0.05) is 97.8 Å². The third-order valence-electron chi connectivity index (χ3n) is 6.83. The highest BCUT2D eigenvalue weighted by atomic mass is 19.1. The molecule has 0 aliphatic carbocycles. The predicted molar refractivity (Wildman–Crippen MR) is 147 cm³/mol. The maximum Gasteiger partial charge on any atom is 0.159 e. The van der Waals surface area contributed by atoms with Gasteiger partial charge in [-0.25, -0.2) is 14.4 Å². The first kappa shape index (κ1) is 29.3. The van der Waals surface area contributed by atoms with Crippen LogP contribution in [0.1, 0.15) is 116 Å². The molecule has 0 amide bonds. The number of alkyl halides is 1. The van der Waals surface area contributed by atoms with Crippen LogP contribution in [0.25, 0.3) is 11.4 Å². The molecule has 0 fully saturated rings. The van der Waals surface area contributed by atoms with Crippen LogP contribution in [0.15, 0.2) is 36.7 Å². The second-order valence-corrected chi connectivity index (χ2v) is 10.3. The zero-order valence-corrected chi connectivity index (χ0v) is 22.6. The van der Waals surface area contributed by atoms with Gasteiger partial charge in [-0.15, -0.1) is 0 Å². The molecule has 2 unspecified atom stereocenters. The fourth-order valence-electron chi connectivity index (χ4n) is 4.45. The van der Waals surface area contributed by atoms with Crippen molar-refractivity contribution in [1.29, 1.82) is 0 Å². The minimum atomic E-state index is -0.912. The maximum absolute atomic E-state index is 14.2. The average Bonchev–Trinajstić information content (AvgIpc) is 2.88. The Bertz CT molecular complexity index is 763. The number of aromatic nitrogens is 2. The van der Waals surface area contributed by atoms with Gasteiger partial charge < -0.3 is 4.74 Å². The minimum absolute atomic E-state index is 0.118. The van der Waals surface area contributed by atoms with E-state index >= 15 is 0 Å². The number of rotatable bonds is 20. The summed E-state index contributed by atoms with van der Waals surface area (Å²) in [4.78, 5) is 9.11. The summed E-state index contributed by atoms with van der Waals surface area (Å²) in [6, 6.07) is 7.66. The van der Waals surface area contributed by atoms with E-state index in [1.165, 1.54) is 76.2 Å². The fourth-order valence-corrected chi connectivity index (χ4v) is 4.45. The molecule has 0 radical (unpaired) electrons. The molecule has 196 valence electrons. The highest BCUT2D eigenvalue weighted by Crippen LogP contribution is 2.21. The number of hydrogen-bond acceptors (Lipinski definition) is 3. The lowest BCUT2D eigenvalue weighted by Gasteiger charge is -2.13. The van der Waals surface area contributed by atoms with E-state index in [1.54, 1.807) is 0 Å². The summed E-state index contributed by atoms with van der Waals surface area (Å²) in [6.07, 6.45) is 21.0. The summed E-state index contributed by atoms with van der Waals surface area (Å²) in [5.41, 5.74) is 2.15. The van der Waals surface area contributed by atoms with E-state index in [2.05, 4.69) is 30.7 Å². The van der Waals surface area contributed by atoms with Gasteiger partial charge in [0.1, 0.15) is 18.5 Å². The van der Waals surface area contributed by atoms with E-state index < -0.39 is 6.17 Å². The Morgan fingerprint density at radius 2 is 1.34 bits per heavy atom. The van der Waals surface area contributed by atoms with E-state index in [-0.39, 0.29) is 6.61 Å². The minimum Gasteiger partial charge on any atom is -0.491 e. The highest BCUT2D eigenvalue weighted by Gasteiger charge is 2.10. The van der Waals surface area contributed by atoms with Crippen molar-refractivity contribution in [1.82, 2.24) is 9.97 Å². The molecule has 0 aliphatic heterocycles. The van der Waals surface area contributed by atoms with Crippen LogP contribution < -0.4 is 4.74 Å². The molecule has 4 heteroatoms. The molecule has 1 heterocycles. The normalized spacial score (nSPS) is 13.0. The van der Waals surface area contributed by atoms with E-state index in [1.807, 2.05) is 36.7 Å². The molecule has 35 heavy (non-hydrogen) atoms. The van der Waals surface area contributed by atoms with Crippen LogP contribution in [-0.4, -0.2) is 22.7 Å². The molecule has 0 saturated heterocycles. The Morgan fingerprint density at radius 3 is 2.00 bits per heavy atom. The van der Waals surface area contributed by atoms with Crippen molar-refractivity contribution in [3.05, 3.63) is 42.2 Å². The van der Waals surface area contributed by atoms with Crippen LogP contribution in [0.3, 0.4) is 0 Å². The third kappa shape index (κ3) is 13.1. The smallest absolute Gasteiger partial charge is 0.159 e. The van der Waals surface area contributed by atoms with Crippen molar-refractivity contribution < 1.29 is 9.13 Å². The average molecular weight is 485 g/mol. The molecular weight excluding hydrogens is 435 g/mol. The van der Waals surface area contributed by atoms with Gasteiger partial charge in [0.05, 0.1) is 0 Å². The first-order valence-electron chi connectivity index (χ1n) is 14.3. The molecule has 2 rings (SSSR count). The van der Waals surface area contributed by atoms with Crippen molar-refractivity contribution in [2.75, 3.05) is 6.61 Å². The Hall–Kier alpha value is -1.97. The molecule has 2 atom stereocenters. The summed E-state index contributed by atoms with van der Waals surface area (Å²) in [7, 11) is 0. The van der Waals surface area contributed by atoms with Crippen LogP contribution in [0.2, 0.25) is 0 Å². The lowest BCUT2D eigenvalue weighted by molar-refractivity contribution is 0.182. The summed E-state index contributed by atoms with van der Waals surface area (Å²) >= 11 is 0. The molecule has 1 aromatic heterocycles. The van der Waals surface area contributed by atoms with Crippen molar-refractivity contribution in [3.8, 4) is 17.1 Å². The van der Waals surface area contributed by atoms with Gasteiger partial charge in [0.15, 0.2) is 5.82 Å². The quantitative estimate of drug-likeness (QED) is 0.175. The number of benzene rings is 1. The van der Waals surface area contributed by atoms with E-state index in [0.717, 1.165) is 30.7 Å². The summed E-state index contributed by atoms with van der Waals surface area (Å²) < 4.78 is 19.9. The Kier molecular flexibility index (Phi) is 15.3. The molecular formula is C31H49FN2O. The van der Waals surface area contributed by atoms with Crippen LogP contribution in [0.5, 0.6) is 5.75 Å². The van der Waals surface area contributed by atoms with Gasteiger partial charge >= 0.3 is 0 Å². The Morgan fingerprint density at radius 1 is 0.743 bits per heavy atom. The molecule has 0 spiro atoms. The Labute approximate surface area is 214 Å². The number of nitrogens with zero attached hydrogens (tertiary/aromatic N) is 2. The SMILES string of the molecule is CCCCCCCCCCc1cnc(-c2ccc(OCC(F)CCCC(C)CCCC)cc2)nc1. The molecule has 0 aliphatic rings. The highest BCUT2D eigenvalue weighted by molar-refractivity contribution is 5.55. The lowest BCUT2D eigenvalue weighted by Crippen LogP contribution is -2.13. The second-order valence-electron chi connectivity index (χ2n) is 10.3. The first-order valence-corrected chi connectivity index (χ1v) is 14.3. The molecule has 3 nitrogen and oxygen atoms in total. The van der Waals surface area contributed by atoms with Crippen molar-refractivity contribution >= 4 is 0 Å². The van der Waals surface area contributed by atoms with Gasteiger partial charge in [-0.05, 0) is 55.0 Å². The number of aryl methyl sites for hydroxylation is 1. The van der Waals surface area contributed by atoms with Crippen LogP contribution in [0, 0.1) is 5.92 Å². The zero-order chi connectivity index (χ0) is 25.1.